The van der Waals surface area contributed by atoms with E-state index in [0.717, 1.165) is 54.4 Å². The van der Waals surface area contributed by atoms with E-state index in [2.05, 4.69) is 71.0 Å². The van der Waals surface area contributed by atoms with Crippen molar-refractivity contribution in [1.29, 1.82) is 0 Å². The molecule has 0 fully saturated rings. The number of amides is 2. The highest BCUT2D eigenvalue weighted by Crippen LogP contribution is 2.62. The highest BCUT2D eigenvalue weighted by Gasteiger charge is 2.62. The minimum atomic E-state index is -1.63. The zero-order valence-electron chi connectivity index (χ0n) is 30.3. The summed E-state index contributed by atoms with van der Waals surface area (Å²) in [6.45, 7) is 7.43. The largest absolute Gasteiger partial charge is 0.469 e. The lowest BCUT2D eigenvalue weighted by atomic mass is 9.72. The van der Waals surface area contributed by atoms with Crippen LogP contribution in [0.15, 0.2) is 72.6 Å². The average Bonchev–Trinajstić information content (AvgIpc) is 3.99. The number of H-pyrrole nitrogens is 1. The first-order valence-electron chi connectivity index (χ1n) is 18.5. The minimum Gasteiger partial charge on any atom is -0.469 e. The summed E-state index contributed by atoms with van der Waals surface area (Å²) in [6.07, 6.45) is 1.78. The number of carbonyl (C=O) groups is 2. The standard InChI is InChI=1S/C41H36Br2N6O6/c1-5-40(52,6-2)38(51)45-26-13-18-10-11-27-23(12-18)41-24-15-19(42)14-21(30(24)48-39(41)53-27)20-8-7-9-25-28(20)22(16-44-25)32-34(43)49-37(54-32)31-33(41)55-36(47-31)29(17(3)4)46-35(26)50/h7-12,14-17,26,29,39,44,48,52H,5-6,13H2,1-4H3,(H,45,51)(H,46,50)/t26?,29-,39?,41?/m0/s1. The van der Waals surface area contributed by atoms with E-state index in [9.17, 15) is 14.7 Å². The van der Waals surface area contributed by atoms with Gasteiger partial charge in [-0.2, -0.15) is 0 Å². The summed E-state index contributed by atoms with van der Waals surface area (Å²) in [5.74, 6) is 0.846. The Hall–Kier alpha value is -4.92. The summed E-state index contributed by atoms with van der Waals surface area (Å²) >= 11 is 7.59. The van der Waals surface area contributed by atoms with Gasteiger partial charge in [-0.15, -0.1) is 0 Å². The number of aliphatic hydroxyl groups is 1. The number of nitrogens with one attached hydrogen (secondary N) is 4. The molecule has 55 heavy (non-hydrogen) atoms. The smallest absolute Gasteiger partial charge is 0.252 e. The van der Waals surface area contributed by atoms with Gasteiger partial charge >= 0.3 is 0 Å². The van der Waals surface area contributed by atoms with E-state index in [4.69, 9.17) is 23.5 Å². The maximum atomic E-state index is 14.3. The number of halogens is 2. The molecule has 10 rings (SSSR count). The molecule has 4 atom stereocenters. The predicted molar refractivity (Wildman–Crippen MR) is 211 cm³/mol. The van der Waals surface area contributed by atoms with Gasteiger partial charge in [-0.25, -0.2) is 9.97 Å². The number of carbonyl (C=O) groups excluding carboxylic acids is 2. The topological polar surface area (TPSA) is 168 Å². The van der Waals surface area contributed by atoms with Crippen molar-refractivity contribution in [3.05, 3.63) is 92.1 Å². The molecule has 0 radical (unpaired) electrons. The van der Waals surface area contributed by atoms with E-state index >= 15 is 0 Å². The third-order valence-electron chi connectivity index (χ3n) is 11.8. The monoisotopic (exact) mass is 866 g/mol. The van der Waals surface area contributed by atoms with Crippen LogP contribution < -0.4 is 20.7 Å². The van der Waals surface area contributed by atoms with E-state index in [1.165, 1.54) is 0 Å². The van der Waals surface area contributed by atoms with Crippen LogP contribution in [0.25, 0.3) is 44.9 Å². The van der Waals surface area contributed by atoms with Crippen LogP contribution in [-0.2, 0) is 21.4 Å². The van der Waals surface area contributed by atoms with Crippen LogP contribution in [0.2, 0.25) is 0 Å². The SMILES string of the molecule is CCC(O)(CC)C(=O)NC1Cc2ccc3c(c2)C24c5cc(Br)cc(c5NC2O3)-c2cccc3[nH]cc(c23)-c2oc(nc2Br)-c2nc(oc24)[C@H](C(C)C)NC1=O. The molecule has 3 unspecified atom stereocenters. The molecule has 5 N–H and O–H groups in total. The van der Waals surface area contributed by atoms with Crippen molar-refractivity contribution in [3.8, 4) is 39.8 Å². The summed E-state index contributed by atoms with van der Waals surface area (Å²) < 4.78 is 22.0. The molecule has 0 saturated heterocycles. The Morgan fingerprint density at radius 1 is 1.04 bits per heavy atom. The van der Waals surface area contributed by atoms with E-state index in [-0.39, 0.29) is 37.0 Å². The van der Waals surface area contributed by atoms with Gasteiger partial charge in [-0.1, -0.05) is 67.9 Å². The third kappa shape index (κ3) is 4.77. The number of rotatable bonds is 5. The van der Waals surface area contributed by atoms with Crippen LogP contribution in [-0.4, -0.2) is 49.7 Å². The maximum absolute atomic E-state index is 14.3. The molecule has 2 amide bonds. The summed E-state index contributed by atoms with van der Waals surface area (Å²) in [5.41, 5.74) is 4.62. The molecule has 3 aromatic heterocycles. The Morgan fingerprint density at radius 3 is 2.64 bits per heavy atom. The Bertz CT molecular complexity index is 2620. The van der Waals surface area contributed by atoms with Gasteiger partial charge in [-0.05, 0) is 70.1 Å². The van der Waals surface area contributed by atoms with Gasteiger partial charge in [0.1, 0.15) is 28.8 Å². The highest BCUT2D eigenvalue weighted by atomic mass is 79.9. The van der Waals surface area contributed by atoms with Crippen LogP contribution >= 0.6 is 31.9 Å². The van der Waals surface area contributed by atoms with Gasteiger partial charge in [0, 0.05) is 55.9 Å². The fraction of sp³-hybridized carbons (Fsp3) is 0.317. The lowest BCUT2D eigenvalue weighted by Gasteiger charge is -2.30. The Kier molecular flexibility index (Phi) is 7.56. The summed E-state index contributed by atoms with van der Waals surface area (Å²) in [6, 6.07) is 14.4. The molecule has 14 heteroatoms. The van der Waals surface area contributed by atoms with E-state index < -0.39 is 41.1 Å². The normalized spacial score (nSPS) is 21.7. The molecular weight excluding hydrogens is 832 g/mol. The molecule has 3 aromatic carbocycles. The number of nitrogens with zero attached hydrogens (tertiary/aromatic N) is 2. The van der Waals surface area contributed by atoms with Crippen LogP contribution in [0, 0.1) is 5.92 Å². The zero-order valence-corrected chi connectivity index (χ0v) is 33.4. The molecule has 12 nitrogen and oxygen atoms in total. The van der Waals surface area contributed by atoms with Crippen molar-refractivity contribution >= 4 is 60.3 Å². The zero-order chi connectivity index (χ0) is 38.1. The number of benzene rings is 3. The Morgan fingerprint density at radius 2 is 1.85 bits per heavy atom. The van der Waals surface area contributed by atoms with Crippen LogP contribution in [0.1, 0.15) is 74.9 Å². The maximum Gasteiger partial charge on any atom is 0.252 e. The van der Waals surface area contributed by atoms with Crippen molar-refractivity contribution < 1.29 is 28.3 Å². The number of anilines is 1. The molecule has 10 bridgehead atoms. The number of aromatic nitrogens is 3. The molecule has 4 aliphatic heterocycles. The third-order valence-corrected chi connectivity index (χ3v) is 12.8. The molecule has 280 valence electrons. The number of aromatic amines is 1. The van der Waals surface area contributed by atoms with Gasteiger partial charge < -0.3 is 39.6 Å². The van der Waals surface area contributed by atoms with E-state index in [1.807, 2.05) is 50.4 Å². The van der Waals surface area contributed by atoms with Crippen LogP contribution in [0.4, 0.5) is 5.69 Å². The van der Waals surface area contributed by atoms with Crippen molar-refractivity contribution in [3.63, 3.8) is 0 Å². The Balaban J connectivity index is 1.30. The lowest BCUT2D eigenvalue weighted by Crippen LogP contribution is -2.55. The second-order valence-corrected chi connectivity index (χ2v) is 16.8. The molecule has 6 aromatic rings. The summed E-state index contributed by atoms with van der Waals surface area (Å²) in [7, 11) is 0. The Labute approximate surface area is 332 Å². The van der Waals surface area contributed by atoms with Crippen molar-refractivity contribution in [2.24, 2.45) is 5.92 Å². The number of oxazole rings is 2. The quantitative estimate of drug-likeness (QED) is 0.116. The average molecular weight is 869 g/mol. The van der Waals surface area contributed by atoms with Crippen LogP contribution in [0.5, 0.6) is 5.75 Å². The number of fused-ring (bicyclic) bond motifs is 7. The van der Waals surface area contributed by atoms with E-state index in [1.54, 1.807) is 13.8 Å². The first-order valence-corrected chi connectivity index (χ1v) is 20.1. The van der Waals surface area contributed by atoms with Crippen molar-refractivity contribution in [2.45, 2.75) is 76.3 Å². The molecular formula is C41H36Br2N6O6. The fourth-order valence-corrected chi connectivity index (χ4v) is 9.70. The molecule has 7 heterocycles. The highest BCUT2D eigenvalue weighted by molar-refractivity contribution is 9.10. The predicted octanol–water partition coefficient (Wildman–Crippen LogP) is 7.87. The second-order valence-electron chi connectivity index (χ2n) is 15.2. The van der Waals surface area contributed by atoms with Gasteiger partial charge in [0.05, 0.1) is 0 Å². The summed E-state index contributed by atoms with van der Waals surface area (Å²) in [4.78, 5) is 41.4. The minimum absolute atomic E-state index is 0.150. The van der Waals surface area contributed by atoms with Crippen molar-refractivity contribution in [2.75, 3.05) is 5.32 Å². The summed E-state index contributed by atoms with van der Waals surface area (Å²) in [5, 5.41) is 21.9. The van der Waals surface area contributed by atoms with Gasteiger partial charge in [-0.3, -0.25) is 9.59 Å². The molecule has 1 spiro atoms. The number of hydrogen-bond acceptors (Lipinski definition) is 9. The lowest BCUT2D eigenvalue weighted by molar-refractivity contribution is -0.143. The van der Waals surface area contributed by atoms with Crippen LogP contribution in [0.3, 0.4) is 0 Å². The number of hydrogen-bond donors (Lipinski definition) is 5. The van der Waals surface area contributed by atoms with Gasteiger partial charge in [0.25, 0.3) is 11.8 Å². The molecule has 4 aliphatic rings. The molecule has 0 saturated carbocycles. The number of ether oxygens (including phenoxy) is 1. The van der Waals surface area contributed by atoms with Gasteiger partial charge in [0.2, 0.25) is 11.8 Å². The first-order chi connectivity index (χ1) is 26.4. The van der Waals surface area contributed by atoms with Gasteiger partial charge in [0.15, 0.2) is 28.0 Å². The second kappa shape index (κ2) is 12.0. The van der Waals surface area contributed by atoms with Crippen molar-refractivity contribution in [1.82, 2.24) is 25.6 Å². The van der Waals surface area contributed by atoms with E-state index in [0.29, 0.717) is 27.6 Å². The first kappa shape index (κ1) is 34.6. The molecule has 0 aliphatic carbocycles. The fourth-order valence-electron chi connectivity index (χ4n) is 8.79.